The van der Waals surface area contributed by atoms with E-state index in [4.69, 9.17) is 11.6 Å². The van der Waals surface area contributed by atoms with Crippen LogP contribution in [0.15, 0.2) is 12.3 Å². The third-order valence-electron chi connectivity index (χ3n) is 3.01. The Hall–Kier alpha value is -1.09. The Morgan fingerprint density at radius 1 is 1.38 bits per heavy atom. The molecule has 3 nitrogen and oxygen atoms in total. The smallest absolute Gasteiger partial charge is 0.160 e. The molecule has 0 aromatic carbocycles. The zero-order valence-electron chi connectivity index (χ0n) is 9.87. The predicted molar refractivity (Wildman–Crippen MR) is 66.1 cm³/mol. The molecule has 0 spiro atoms. The molecule has 2 rings (SSSR count). The molecule has 4 heteroatoms. The van der Waals surface area contributed by atoms with Crippen LogP contribution in [-0.2, 0) is 0 Å². The quantitative estimate of drug-likeness (QED) is 0.764. The van der Waals surface area contributed by atoms with E-state index >= 15 is 0 Å². The molecule has 0 aliphatic rings. The molecule has 0 amide bonds. The maximum Gasteiger partial charge on any atom is 0.160 e. The van der Waals surface area contributed by atoms with Gasteiger partial charge in [-0.05, 0) is 31.7 Å². The summed E-state index contributed by atoms with van der Waals surface area (Å²) in [7, 11) is 0. The third-order valence-corrected chi connectivity index (χ3v) is 3.28. The summed E-state index contributed by atoms with van der Waals surface area (Å²) < 4.78 is 1.71. The van der Waals surface area contributed by atoms with E-state index in [9.17, 15) is 0 Å². The fraction of sp³-hybridized carbons (Fsp3) is 0.500. The van der Waals surface area contributed by atoms with Crippen LogP contribution in [0.4, 0.5) is 0 Å². The lowest BCUT2D eigenvalue weighted by Gasteiger charge is -2.10. The standard InChI is InChI=1S/C12H16ClN3/c1-4-9(5-2)10-7-14-16-11(13)6-8(3)15-12(10)16/h6-7,9H,4-5H2,1-3H3. The van der Waals surface area contributed by atoms with E-state index in [1.54, 1.807) is 4.52 Å². The molecule has 0 N–H and O–H groups in total. The monoisotopic (exact) mass is 237 g/mol. The van der Waals surface area contributed by atoms with Gasteiger partial charge in [0.15, 0.2) is 5.65 Å². The summed E-state index contributed by atoms with van der Waals surface area (Å²) in [4.78, 5) is 4.53. The molecule has 0 saturated carbocycles. The number of rotatable bonds is 3. The first kappa shape index (κ1) is 11.4. The summed E-state index contributed by atoms with van der Waals surface area (Å²) in [5.74, 6) is 0.517. The normalized spacial score (nSPS) is 11.6. The van der Waals surface area contributed by atoms with Crippen molar-refractivity contribution < 1.29 is 0 Å². The number of nitrogens with zero attached hydrogens (tertiary/aromatic N) is 3. The Kier molecular flexibility index (Phi) is 3.15. The van der Waals surface area contributed by atoms with Crippen molar-refractivity contribution in [2.24, 2.45) is 0 Å². The van der Waals surface area contributed by atoms with Crippen molar-refractivity contribution >= 4 is 17.2 Å². The van der Waals surface area contributed by atoms with Gasteiger partial charge in [0.2, 0.25) is 0 Å². The topological polar surface area (TPSA) is 30.2 Å². The molecule has 2 aromatic heterocycles. The van der Waals surface area contributed by atoms with Crippen LogP contribution in [0.3, 0.4) is 0 Å². The number of hydrogen-bond donors (Lipinski definition) is 0. The average molecular weight is 238 g/mol. The van der Waals surface area contributed by atoms with Crippen molar-refractivity contribution in [1.82, 2.24) is 14.6 Å². The highest BCUT2D eigenvalue weighted by Gasteiger charge is 2.15. The molecular weight excluding hydrogens is 222 g/mol. The SMILES string of the molecule is CCC(CC)c1cnn2c(Cl)cc(C)nc12. The van der Waals surface area contributed by atoms with Crippen molar-refractivity contribution in [2.75, 3.05) is 0 Å². The molecular formula is C12H16ClN3. The van der Waals surface area contributed by atoms with Gasteiger partial charge in [0, 0.05) is 11.3 Å². The van der Waals surface area contributed by atoms with Crippen LogP contribution >= 0.6 is 11.6 Å². The predicted octanol–water partition coefficient (Wildman–Crippen LogP) is 3.59. The largest absolute Gasteiger partial charge is 0.233 e. The van der Waals surface area contributed by atoms with Gasteiger partial charge in [-0.15, -0.1) is 0 Å². The fourth-order valence-electron chi connectivity index (χ4n) is 2.07. The molecule has 0 bridgehead atoms. The summed E-state index contributed by atoms with van der Waals surface area (Å²) in [5, 5.41) is 4.92. The minimum absolute atomic E-state index is 0.517. The van der Waals surface area contributed by atoms with E-state index in [-0.39, 0.29) is 0 Å². The lowest BCUT2D eigenvalue weighted by molar-refractivity contribution is 0.645. The number of hydrogen-bond acceptors (Lipinski definition) is 2. The highest BCUT2D eigenvalue weighted by Crippen LogP contribution is 2.27. The molecule has 0 aliphatic heterocycles. The lowest BCUT2D eigenvalue weighted by Crippen LogP contribution is -1.99. The van der Waals surface area contributed by atoms with E-state index in [1.807, 2.05) is 19.2 Å². The molecule has 0 aliphatic carbocycles. The van der Waals surface area contributed by atoms with Gasteiger partial charge in [0.05, 0.1) is 6.20 Å². The minimum Gasteiger partial charge on any atom is -0.233 e. The second kappa shape index (κ2) is 4.42. The molecule has 16 heavy (non-hydrogen) atoms. The van der Waals surface area contributed by atoms with E-state index in [0.717, 1.165) is 24.2 Å². The molecule has 0 radical (unpaired) electrons. The van der Waals surface area contributed by atoms with Gasteiger partial charge in [-0.1, -0.05) is 25.4 Å². The van der Waals surface area contributed by atoms with Crippen molar-refractivity contribution in [3.63, 3.8) is 0 Å². The molecule has 0 fully saturated rings. The zero-order chi connectivity index (χ0) is 11.7. The Morgan fingerprint density at radius 3 is 2.69 bits per heavy atom. The fourth-order valence-corrected chi connectivity index (χ4v) is 2.35. The highest BCUT2D eigenvalue weighted by molar-refractivity contribution is 6.29. The van der Waals surface area contributed by atoms with E-state index in [2.05, 4.69) is 23.9 Å². The Morgan fingerprint density at radius 2 is 2.06 bits per heavy atom. The van der Waals surface area contributed by atoms with Gasteiger partial charge < -0.3 is 0 Å². The van der Waals surface area contributed by atoms with Gasteiger partial charge in [-0.3, -0.25) is 0 Å². The molecule has 0 unspecified atom stereocenters. The van der Waals surface area contributed by atoms with Gasteiger partial charge in [-0.25, -0.2) is 9.50 Å². The van der Waals surface area contributed by atoms with E-state index in [0.29, 0.717) is 11.1 Å². The average Bonchev–Trinajstić information content (AvgIpc) is 2.64. The maximum absolute atomic E-state index is 6.13. The van der Waals surface area contributed by atoms with Crippen LogP contribution in [-0.4, -0.2) is 14.6 Å². The first-order chi connectivity index (χ1) is 7.67. The number of halogens is 1. The van der Waals surface area contributed by atoms with Crippen molar-refractivity contribution in [3.8, 4) is 0 Å². The number of aromatic nitrogens is 3. The Bertz CT molecular complexity index is 500. The van der Waals surface area contributed by atoms with E-state index in [1.165, 1.54) is 5.56 Å². The van der Waals surface area contributed by atoms with Crippen LogP contribution in [0.1, 0.15) is 43.9 Å². The second-order valence-corrected chi connectivity index (χ2v) is 4.46. The van der Waals surface area contributed by atoms with Crippen LogP contribution in [0, 0.1) is 6.92 Å². The number of aryl methyl sites for hydroxylation is 1. The Labute approximate surface area is 100 Å². The zero-order valence-corrected chi connectivity index (χ0v) is 10.6. The molecule has 2 heterocycles. The highest BCUT2D eigenvalue weighted by atomic mass is 35.5. The molecule has 0 saturated heterocycles. The second-order valence-electron chi connectivity index (χ2n) is 4.07. The van der Waals surface area contributed by atoms with Crippen LogP contribution in [0.25, 0.3) is 5.65 Å². The van der Waals surface area contributed by atoms with Crippen molar-refractivity contribution in [3.05, 3.63) is 28.7 Å². The van der Waals surface area contributed by atoms with Gasteiger partial charge >= 0.3 is 0 Å². The first-order valence-electron chi connectivity index (χ1n) is 5.68. The van der Waals surface area contributed by atoms with Crippen molar-refractivity contribution in [1.29, 1.82) is 0 Å². The molecule has 86 valence electrons. The van der Waals surface area contributed by atoms with Gasteiger partial charge in [-0.2, -0.15) is 5.10 Å². The summed E-state index contributed by atoms with van der Waals surface area (Å²) >= 11 is 6.13. The Balaban J connectivity index is 2.63. The van der Waals surface area contributed by atoms with Gasteiger partial charge in [0.1, 0.15) is 5.15 Å². The first-order valence-corrected chi connectivity index (χ1v) is 6.05. The summed E-state index contributed by atoms with van der Waals surface area (Å²) in [5.41, 5.74) is 3.04. The van der Waals surface area contributed by atoms with Crippen LogP contribution in [0.5, 0.6) is 0 Å². The van der Waals surface area contributed by atoms with Crippen molar-refractivity contribution in [2.45, 2.75) is 39.5 Å². The van der Waals surface area contributed by atoms with E-state index < -0.39 is 0 Å². The lowest BCUT2D eigenvalue weighted by atomic mass is 9.96. The third kappa shape index (κ3) is 1.80. The summed E-state index contributed by atoms with van der Waals surface area (Å²) in [6.07, 6.45) is 4.10. The molecule has 0 atom stereocenters. The summed E-state index contributed by atoms with van der Waals surface area (Å²) in [6, 6.07) is 1.83. The minimum atomic E-state index is 0.517. The van der Waals surface area contributed by atoms with Crippen LogP contribution in [0.2, 0.25) is 5.15 Å². The molecule has 2 aromatic rings. The number of fused-ring (bicyclic) bond motifs is 1. The maximum atomic E-state index is 6.13. The van der Waals surface area contributed by atoms with Gasteiger partial charge in [0.25, 0.3) is 0 Å². The van der Waals surface area contributed by atoms with Crippen LogP contribution < -0.4 is 0 Å². The summed E-state index contributed by atoms with van der Waals surface area (Å²) in [6.45, 7) is 6.33.